The maximum absolute atomic E-state index is 13.7. The number of carbonyl (C=O) groups is 1. The molecule has 0 fully saturated rings. The Kier molecular flexibility index (Phi) is 5.31. The molecule has 2 atom stereocenters. The van der Waals surface area contributed by atoms with Crippen molar-refractivity contribution in [1.82, 2.24) is 10.6 Å². The first kappa shape index (κ1) is 19.1. The summed E-state index contributed by atoms with van der Waals surface area (Å²) in [4.78, 5) is 12.2. The van der Waals surface area contributed by atoms with Gasteiger partial charge in [-0.2, -0.15) is 0 Å². The van der Waals surface area contributed by atoms with Crippen LogP contribution in [0.15, 0.2) is 54.6 Å². The van der Waals surface area contributed by atoms with Crippen LogP contribution in [-0.2, 0) is 6.42 Å². The Balaban J connectivity index is 1.32. The number of hydrogen-bond donors (Lipinski definition) is 3. The minimum Gasteiger partial charge on any atom is -0.488 e. The van der Waals surface area contributed by atoms with E-state index < -0.39 is 29.8 Å². The van der Waals surface area contributed by atoms with Gasteiger partial charge in [0.15, 0.2) is 11.6 Å². The standard InChI is InChI=1S/C22H20F2N2O3/c23-17-8-16-9-18(12-29-21(16)19(24)10-17)26-22(28)25-11-20(27)15-6-5-13-3-1-2-4-14(13)7-15/h1-8,10,18,20,27H,9,11-12H2,(H2,25,26,28). The summed E-state index contributed by atoms with van der Waals surface area (Å²) in [6, 6.07) is 14.5. The van der Waals surface area contributed by atoms with Gasteiger partial charge < -0.3 is 20.5 Å². The summed E-state index contributed by atoms with van der Waals surface area (Å²) in [5, 5.41) is 17.8. The number of halogens is 2. The molecular weight excluding hydrogens is 378 g/mol. The van der Waals surface area contributed by atoms with E-state index in [0.29, 0.717) is 11.1 Å². The number of hydrogen-bond acceptors (Lipinski definition) is 3. The molecule has 150 valence electrons. The number of aliphatic hydroxyl groups excluding tert-OH is 1. The zero-order chi connectivity index (χ0) is 20.4. The number of aliphatic hydroxyl groups is 1. The zero-order valence-electron chi connectivity index (χ0n) is 15.5. The summed E-state index contributed by atoms with van der Waals surface area (Å²) < 4.78 is 32.4. The third-order valence-electron chi connectivity index (χ3n) is 4.93. The predicted molar refractivity (Wildman–Crippen MR) is 105 cm³/mol. The highest BCUT2D eigenvalue weighted by atomic mass is 19.1. The van der Waals surface area contributed by atoms with E-state index >= 15 is 0 Å². The molecular formula is C22H20F2N2O3. The van der Waals surface area contributed by atoms with Gasteiger partial charge in [-0.1, -0.05) is 36.4 Å². The number of carbonyl (C=O) groups excluding carboxylic acids is 1. The van der Waals surface area contributed by atoms with Crippen LogP contribution in [0.5, 0.6) is 5.75 Å². The molecule has 2 unspecified atom stereocenters. The summed E-state index contributed by atoms with van der Waals surface area (Å²) in [6.45, 7) is 0.105. The third-order valence-corrected chi connectivity index (χ3v) is 4.93. The Morgan fingerprint density at radius 1 is 1.14 bits per heavy atom. The number of urea groups is 1. The SMILES string of the molecule is O=C(NCC(O)c1ccc2ccccc2c1)NC1COc2c(F)cc(F)cc2C1. The first-order valence-electron chi connectivity index (χ1n) is 9.31. The Morgan fingerprint density at radius 3 is 2.76 bits per heavy atom. The van der Waals surface area contributed by atoms with Crippen molar-refractivity contribution in [3.05, 3.63) is 77.4 Å². The van der Waals surface area contributed by atoms with Gasteiger partial charge in [0.25, 0.3) is 0 Å². The number of nitrogens with one attached hydrogen (secondary N) is 2. The highest BCUT2D eigenvalue weighted by Gasteiger charge is 2.25. The molecule has 0 saturated carbocycles. The van der Waals surface area contributed by atoms with E-state index in [1.54, 1.807) is 0 Å². The van der Waals surface area contributed by atoms with Crippen LogP contribution < -0.4 is 15.4 Å². The molecule has 0 saturated heterocycles. The number of ether oxygens (including phenoxy) is 1. The van der Waals surface area contributed by atoms with Crippen LogP contribution in [0.25, 0.3) is 10.8 Å². The molecule has 4 rings (SSSR count). The lowest BCUT2D eigenvalue weighted by Crippen LogP contribution is -2.48. The van der Waals surface area contributed by atoms with Crippen LogP contribution in [0, 0.1) is 11.6 Å². The summed E-state index contributed by atoms with van der Waals surface area (Å²) in [7, 11) is 0. The number of fused-ring (bicyclic) bond motifs is 2. The van der Waals surface area contributed by atoms with Crippen LogP contribution in [-0.4, -0.2) is 30.3 Å². The van der Waals surface area contributed by atoms with Crippen molar-refractivity contribution in [3.8, 4) is 5.75 Å². The van der Waals surface area contributed by atoms with E-state index in [1.165, 1.54) is 6.07 Å². The van der Waals surface area contributed by atoms with Gasteiger partial charge >= 0.3 is 6.03 Å². The molecule has 0 spiro atoms. The lowest BCUT2D eigenvalue weighted by Gasteiger charge is -2.26. The smallest absolute Gasteiger partial charge is 0.315 e. The predicted octanol–water partition coefficient (Wildman–Crippen LogP) is 3.45. The van der Waals surface area contributed by atoms with E-state index in [2.05, 4.69) is 10.6 Å². The molecule has 0 aliphatic carbocycles. The molecule has 0 bridgehead atoms. The second-order valence-corrected chi connectivity index (χ2v) is 7.06. The van der Waals surface area contributed by atoms with Gasteiger partial charge in [-0.25, -0.2) is 13.6 Å². The van der Waals surface area contributed by atoms with Crippen LogP contribution in [0.1, 0.15) is 17.2 Å². The Bertz CT molecular complexity index is 1060. The lowest BCUT2D eigenvalue weighted by molar-refractivity contribution is 0.170. The quantitative estimate of drug-likeness (QED) is 0.630. The van der Waals surface area contributed by atoms with Crippen molar-refractivity contribution in [2.24, 2.45) is 0 Å². The van der Waals surface area contributed by atoms with E-state index in [4.69, 9.17) is 4.74 Å². The van der Waals surface area contributed by atoms with Crippen LogP contribution in [0.4, 0.5) is 13.6 Å². The average molecular weight is 398 g/mol. The third kappa shape index (κ3) is 4.30. The van der Waals surface area contributed by atoms with Gasteiger partial charge in [0.2, 0.25) is 0 Å². The van der Waals surface area contributed by atoms with E-state index in [9.17, 15) is 18.7 Å². The average Bonchev–Trinajstić information content (AvgIpc) is 2.71. The van der Waals surface area contributed by atoms with Gasteiger partial charge in [0.1, 0.15) is 12.4 Å². The topological polar surface area (TPSA) is 70.6 Å². The van der Waals surface area contributed by atoms with Crippen molar-refractivity contribution in [3.63, 3.8) is 0 Å². The molecule has 1 aliphatic rings. The normalized spacial score (nSPS) is 16.6. The second kappa shape index (κ2) is 8.05. The van der Waals surface area contributed by atoms with Crippen LogP contribution >= 0.6 is 0 Å². The lowest BCUT2D eigenvalue weighted by atomic mass is 10.0. The van der Waals surface area contributed by atoms with Gasteiger partial charge in [-0.3, -0.25) is 0 Å². The molecule has 1 heterocycles. The first-order chi connectivity index (χ1) is 14.0. The van der Waals surface area contributed by atoms with Crippen LogP contribution in [0.2, 0.25) is 0 Å². The molecule has 0 aromatic heterocycles. The summed E-state index contributed by atoms with van der Waals surface area (Å²) in [6.07, 6.45) is -0.609. The van der Waals surface area contributed by atoms with Crippen molar-refractivity contribution in [2.75, 3.05) is 13.2 Å². The van der Waals surface area contributed by atoms with Crippen molar-refractivity contribution < 1.29 is 23.4 Å². The zero-order valence-corrected chi connectivity index (χ0v) is 15.5. The Morgan fingerprint density at radius 2 is 1.93 bits per heavy atom. The fourth-order valence-corrected chi connectivity index (χ4v) is 3.49. The van der Waals surface area contributed by atoms with Gasteiger partial charge in [-0.15, -0.1) is 0 Å². The van der Waals surface area contributed by atoms with E-state index in [-0.39, 0.29) is 25.3 Å². The van der Waals surface area contributed by atoms with Crippen molar-refractivity contribution in [2.45, 2.75) is 18.6 Å². The van der Waals surface area contributed by atoms with E-state index in [0.717, 1.165) is 16.8 Å². The summed E-state index contributed by atoms with van der Waals surface area (Å²) >= 11 is 0. The maximum Gasteiger partial charge on any atom is 0.315 e. The molecule has 3 N–H and O–H groups in total. The first-order valence-corrected chi connectivity index (χ1v) is 9.31. The molecule has 3 aromatic carbocycles. The van der Waals surface area contributed by atoms with Crippen molar-refractivity contribution in [1.29, 1.82) is 0 Å². The minimum absolute atomic E-state index is 0.0246. The molecule has 2 amide bonds. The highest BCUT2D eigenvalue weighted by Crippen LogP contribution is 2.29. The van der Waals surface area contributed by atoms with E-state index in [1.807, 2.05) is 42.5 Å². The van der Waals surface area contributed by atoms with Crippen molar-refractivity contribution >= 4 is 16.8 Å². The maximum atomic E-state index is 13.7. The number of benzene rings is 3. The van der Waals surface area contributed by atoms with Crippen LogP contribution in [0.3, 0.4) is 0 Å². The molecule has 7 heteroatoms. The fraction of sp³-hybridized carbons (Fsp3) is 0.227. The number of amides is 2. The summed E-state index contributed by atoms with van der Waals surface area (Å²) in [5.74, 6) is -1.41. The van der Waals surface area contributed by atoms with Gasteiger partial charge in [0.05, 0.1) is 12.1 Å². The second-order valence-electron chi connectivity index (χ2n) is 7.06. The molecule has 3 aromatic rings. The monoisotopic (exact) mass is 398 g/mol. The highest BCUT2D eigenvalue weighted by molar-refractivity contribution is 5.83. The molecule has 0 radical (unpaired) electrons. The largest absolute Gasteiger partial charge is 0.488 e. The molecule has 29 heavy (non-hydrogen) atoms. The number of rotatable bonds is 4. The molecule has 5 nitrogen and oxygen atoms in total. The van der Waals surface area contributed by atoms with Gasteiger partial charge in [0, 0.05) is 18.2 Å². The minimum atomic E-state index is -0.864. The fourth-order valence-electron chi connectivity index (χ4n) is 3.49. The Hall–Kier alpha value is -3.19. The molecule has 1 aliphatic heterocycles. The Labute approximate surface area is 166 Å². The summed E-state index contributed by atoms with van der Waals surface area (Å²) in [5.41, 5.74) is 1.07. The van der Waals surface area contributed by atoms with Gasteiger partial charge in [-0.05, 0) is 34.9 Å².